The molecule has 6 atom stereocenters. The van der Waals surface area contributed by atoms with Gasteiger partial charge in [-0.25, -0.2) is 15.0 Å². The van der Waals surface area contributed by atoms with E-state index in [9.17, 15) is 30.0 Å². The van der Waals surface area contributed by atoms with Crippen molar-refractivity contribution in [3.05, 3.63) is 48.5 Å². The summed E-state index contributed by atoms with van der Waals surface area (Å²) >= 11 is 0. The number of nitrogen functional groups attached to an aromatic ring is 1. The second-order valence-corrected chi connectivity index (χ2v) is 10.5. The molecule has 3 aromatic rings. The number of rotatable bonds is 8. The molecule has 194 valence electrons. The third-order valence-corrected chi connectivity index (χ3v) is 7.37. The molecule has 0 amide bonds. The number of hydrogen-bond acceptors (Lipinski definition) is 12. The monoisotopic (exact) mass is 526 g/mol. The van der Waals surface area contributed by atoms with Crippen LogP contribution in [0.25, 0.3) is 11.2 Å². The minimum atomic E-state index is -1.28. The first-order valence-corrected chi connectivity index (χ1v) is 12.8. The number of carbonyl (C=O) groups is 2. The fourth-order valence-corrected chi connectivity index (χ4v) is 5.20. The number of fused-ring (bicyclic) bond motifs is 1. The maximum absolute atomic E-state index is 10.7. The smallest absolute Gasteiger partial charge is 0.548 e. The minimum absolute atomic E-state index is 0. The van der Waals surface area contributed by atoms with Crippen molar-refractivity contribution in [2.24, 2.45) is 5.73 Å². The van der Waals surface area contributed by atoms with Crippen LogP contribution in [0.5, 0.6) is 0 Å². The number of aromatic carboxylic acids is 1. The molecule has 1 aliphatic heterocycles. The molecule has 0 bridgehead atoms. The Morgan fingerprint density at radius 1 is 1.16 bits per heavy atom. The van der Waals surface area contributed by atoms with Crippen LogP contribution in [-0.2, 0) is 20.4 Å². The first kappa shape index (κ1) is 30.5. The third-order valence-electron chi connectivity index (χ3n) is 5.54. The predicted molar refractivity (Wildman–Crippen MR) is 127 cm³/mol. The van der Waals surface area contributed by atoms with Crippen LogP contribution >= 0.6 is 0 Å². The standard InChI is InChI=1S/C15H22N6O5S.C7H6O2.Li/c1-27(3-2-7(16)15(24)25)4-8-10(22)11(23)14(26-8)21-6-20-9-12(17)18-5-19-13(9)21;8-7(9)6-4-2-1-3-5-6;/h5-8,10-11,14,22-23H,2-4,16H2,1H3,(H2-,17,18,19,24,25);1-5H,(H,8,9);/q;;+1/p-1/t7-,8+,10+,11+,14+,27?;;/m0../s1. The summed E-state index contributed by atoms with van der Waals surface area (Å²) in [6.07, 6.45) is 1.17. The van der Waals surface area contributed by atoms with E-state index in [1.54, 1.807) is 18.2 Å². The van der Waals surface area contributed by atoms with E-state index in [-0.39, 0.29) is 47.6 Å². The number of ether oxygens (including phenoxy) is 1. The molecule has 1 fully saturated rings. The van der Waals surface area contributed by atoms with Crippen LogP contribution in [0.4, 0.5) is 5.82 Å². The Morgan fingerprint density at radius 2 is 1.84 bits per heavy atom. The maximum atomic E-state index is 10.7. The van der Waals surface area contributed by atoms with E-state index >= 15 is 0 Å². The number of hydrogen-bond donors (Lipinski definition) is 4. The molecule has 1 saturated heterocycles. The molecule has 1 aromatic carbocycles. The summed E-state index contributed by atoms with van der Waals surface area (Å²) in [6, 6.07) is 7.04. The number of carbonyl (C=O) groups excluding carboxylic acids is 2. The van der Waals surface area contributed by atoms with E-state index in [0.717, 1.165) is 0 Å². The number of aliphatic carboxylic acids is 1. The summed E-state index contributed by atoms with van der Waals surface area (Å²) in [4.78, 5) is 32.9. The van der Waals surface area contributed by atoms with Crippen molar-refractivity contribution in [3.8, 4) is 0 Å². The molecular formula is C22H27LiN6O7S. The van der Waals surface area contributed by atoms with Crippen molar-refractivity contribution in [3.63, 3.8) is 0 Å². The number of carboxylic acids is 2. The van der Waals surface area contributed by atoms with E-state index in [1.807, 2.05) is 6.26 Å². The summed E-state index contributed by atoms with van der Waals surface area (Å²) < 4.78 is 7.39. The fourth-order valence-electron chi connectivity index (χ4n) is 3.54. The average Bonchev–Trinajstić information content (AvgIpc) is 3.40. The molecular weight excluding hydrogens is 499 g/mol. The van der Waals surface area contributed by atoms with Gasteiger partial charge in [0.05, 0.1) is 24.5 Å². The molecule has 0 spiro atoms. The number of benzene rings is 1. The number of nitrogens with zero attached hydrogens (tertiary/aromatic N) is 4. The molecule has 1 aliphatic rings. The van der Waals surface area contributed by atoms with E-state index in [4.69, 9.17) is 16.2 Å². The Bertz CT molecular complexity index is 1190. The molecule has 0 saturated carbocycles. The molecule has 0 radical (unpaired) electrons. The number of aromatic nitrogens is 4. The summed E-state index contributed by atoms with van der Waals surface area (Å²) in [5.74, 6) is -1.19. The zero-order valence-corrected chi connectivity index (χ0v) is 21.2. The van der Waals surface area contributed by atoms with Crippen LogP contribution in [0.3, 0.4) is 0 Å². The Kier molecular flexibility index (Phi) is 11.3. The van der Waals surface area contributed by atoms with Gasteiger partial charge in [-0.05, 0) is 16.5 Å². The summed E-state index contributed by atoms with van der Waals surface area (Å²) in [6.45, 7) is 0. The van der Waals surface area contributed by atoms with Crippen molar-refractivity contribution in [2.45, 2.75) is 37.0 Å². The van der Waals surface area contributed by atoms with Crippen LogP contribution in [-0.4, -0.2) is 83.8 Å². The van der Waals surface area contributed by atoms with Crippen LogP contribution in [0, 0.1) is 0 Å². The quantitative estimate of drug-likeness (QED) is 0.159. The Labute approximate surface area is 227 Å². The molecule has 13 nitrogen and oxygen atoms in total. The molecule has 6 N–H and O–H groups in total. The number of carboxylic acid groups (broad SMARTS) is 2. The molecule has 37 heavy (non-hydrogen) atoms. The van der Waals surface area contributed by atoms with Crippen molar-refractivity contribution in [2.75, 3.05) is 23.5 Å². The van der Waals surface area contributed by atoms with Gasteiger partial charge in [0.15, 0.2) is 17.7 Å². The second-order valence-electron chi connectivity index (χ2n) is 8.15. The fraction of sp³-hybridized carbons (Fsp3) is 0.409. The van der Waals surface area contributed by atoms with Crippen molar-refractivity contribution in [1.29, 1.82) is 0 Å². The second kappa shape index (κ2) is 13.7. The summed E-state index contributed by atoms with van der Waals surface area (Å²) in [5, 5.41) is 41.6. The molecule has 3 heterocycles. The van der Waals surface area contributed by atoms with Crippen LogP contribution in [0.1, 0.15) is 23.0 Å². The van der Waals surface area contributed by atoms with Crippen molar-refractivity contribution >= 4 is 39.8 Å². The van der Waals surface area contributed by atoms with Gasteiger partial charge in [-0.2, -0.15) is 0 Å². The average molecular weight is 527 g/mol. The number of aliphatic hydroxyl groups excluding tert-OH is 2. The van der Waals surface area contributed by atoms with Gasteiger partial charge in [0.25, 0.3) is 0 Å². The van der Waals surface area contributed by atoms with Gasteiger partial charge in [0.1, 0.15) is 41.7 Å². The van der Waals surface area contributed by atoms with Crippen molar-refractivity contribution in [1.82, 2.24) is 19.5 Å². The van der Waals surface area contributed by atoms with Crippen molar-refractivity contribution < 1.29 is 53.6 Å². The van der Waals surface area contributed by atoms with Crippen LogP contribution in [0.15, 0.2) is 43.0 Å². The maximum Gasteiger partial charge on any atom is 1.00 e. The van der Waals surface area contributed by atoms with E-state index in [1.165, 1.54) is 29.4 Å². The predicted octanol–water partition coefficient (Wildman–Crippen LogP) is -6.20. The number of aliphatic hydroxyl groups is 2. The van der Waals surface area contributed by atoms with E-state index < -0.39 is 42.5 Å². The molecule has 2 aromatic heterocycles. The Balaban J connectivity index is 0.000000408. The Hall–Kier alpha value is -2.70. The Morgan fingerprint density at radius 3 is 2.43 bits per heavy atom. The van der Waals surface area contributed by atoms with Gasteiger partial charge in [-0.15, -0.1) is 0 Å². The number of anilines is 1. The van der Waals surface area contributed by atoms with Crippen LogP contribution in [0.2, 0.25) is 0 Å². The zero-order valence-electron chi connectivity index (χ0n) is 20.3. The van der Waals surface area contributed by atoms with Gasteiger partial charge in [-0.3, -0.25) is 4.57 Å². The van der Waals surface area contributed by atoms with Gasteiger partial charge >= 0.3 is 18.9 Å². The molecule has 1 unspecified atom stereocenters. The molecule has 0 aliphatic carbocycles. The van der Waals surface area contributed by atoms with E-state index in [0.29, 0.717) is 22.7 Å². The largest absolute Gasteiger partial charge is 1.00 e. The van der Waals surface area contributed by atoms with E-state index in [2.05, 4.69) is 15.0 Å². The van der Waals surface area contributed by atoms with Gasteiger partial charge in [0, 0.05) is 12.5 Å². The SMILES string of the molecule is C[S+](CC[C@H](N)C(=O)[O-])C[C@H]1O[C@@H](n2cnc3c(N)ncnc32)[C@H](O)[C@@H]1O.O=C([O-])c1ccccc1.[Li+]. The van der Waals surface area contributed by atoms with Gasteiger partial charge < -0.3 is 46.2 Å². The topological polar surface area (TPSA) is 226 Å². The first-order valence-electron chi connectivity index (χ1n) is 10.9. The van der Waals surface area contributed by atoms with Gasteiger partial charge in [-0.1, -0.05) is 30.3 Å². The normalized spacial score (nSPS) is 22.4. The number of imidazole rings is 1. The zero-order chi connectivity index (χ0) is 26.4. The molecule has 4 rings (SSSR count). The minimum Gasteiger partial charge on any atom is -0.548 e. The first-order chi connectivity index (χ1) is 17.1. The van der Waals surface area contributed by atoms with Crippen LogP contribution < -0.4 is 40.5 Å². The molecule has 15 heteroatoms. The summed E-state index contributed by atoms with van der Waals surface area (Å²) in [7, 11) is -0.263. The number of nitrogens with two attached hydrogens (primary N) is 2. The summed E-state index contributed by atoms with van der Waals surface area (Å²) in [5.41, 5.74) is 12.2. The third kappa shape index (κ3) is 7.65. The van der Waals surface area contributed by atoms with Gasteiger partial charge in [0.2, 0.25) is 0 Å².